The molecule has 0 amide bonds. The van der Waals surface area contributed by atoms with Crippen molar-refractivity contribution in [1.82, 2.24) is 44.7 Å². The predicted molar refractivity (Wildman–Crippen MR) is 169 cm³/mol. The Labute approximate surface area is 273 Å². The van der Waals surface area contributed by atoms with Crippen LogP contribution in [0.3, 0.4) is 0 Å². The van der Waals surface area contributed by atoms with Crippen LogP contribution in [-0.2, 0) is 19.3 Å². The van der Waals surface area contributed by atoms with E-state index in [1.54, 1.807) is 12.1 Å². The van der Waals surface area contributed by atoms with Crippen LogP contribution in [0, 0.1) is 0 Å². The molecule has 248 valence electrons. The summed E-state index contributed by atoms with van der Waals surface area (Å²) < 4.78 is 47.6. The molecule has 2 saturated carbocycles. The maximum Gasteiger partial charge on any atom is 0.434 e. The lowest BCUT2D eigenvalue weighted by Crippen LogP contribution is -2.26. The van der Waals surface area contributed by atoms with E-state index in [0.29, 0.717) is 46.6 Å². The van der Waals surface area contributed by atoms with Crippen molar-refractivity contribution in [2.24, 2.45) is 0 Å². The van der Waals surface area contributed by atoms with E-state index < -0.39 is 11.9 Å². The van der Waals surface area contributed by atoms with Crippen molar-refractivity contribution in [1.29, 1.82) is 0 Å². The molecule has 48 heavy (non-hydrogen) atoms. The molecule has 1 N–H and O–H groups in total. The molecule has 5 aromatic rings. The molecule has 0 saturated heterocycles. The molecule has 0 radical (unpaired) electrons. The van der Waals surface area contributed by atoms with Crippen molar-refractivity contribution in [3.05, 3.63) is 87.7 Å². The minimum absolute atomic E-state index is 0.192. The average molecular weight is 659 g/mol. The number of hydrogen-bond donors (Lipinski definition) is 1. The summed E-state index contributed by atoms with van der Waals surface area (Å²) in [5, 5.41) is 6.95. The van der Waals surface area contributed by atoms with Crippen molar-refractivity contribution in [2.45, 2.75) is 76.7 Å². The summed E-state index contributed by atoms with van der Waals surface area (Å²) in [6.45, 7) is 4.19. The lowest BCUT2D eigenvalue weighted by Gasteiger charge is -2.23. The zero-order valence-corrected chi connectivity index (χ0v) is 26.6. The van der Waals surface area contributed by atoms with Gasteiger partial charge in [0.05, 0.1) is 25.0 Å². The Balaban J connectivity index is 1.24. The van der Waals surface area contributed by atoms with Gasteiger partial charge in [-0.05, 0) is 57.1 Å². The van der Waals surface area contributed by atoms with E-state index in [1.165, 1.54) is 24.3 Å². The molecule has 0 unspecified atom stereocenters. The standard InChI is InChI=1S/C33H33F3N10O2/c1-18(2)46-15-25(33(34,35)36)41-29(46)22-6-4-19(5-7-22)13-45(14-23-12-24(20-8-9-20)30(47)44-43-23)32-40-17-38-28(42-32)26-27(21-10-11-21)37-16-39-31(26)48-3/h4-7,12,15-18,20-21H,8-11,13-14H2,1-3H3,(H,44,47). The normalized spacial score (nSPS) is 14.8. The predicted octanol–water partition coefficient (Wildman–Crippen LogP) is 5.85. The van der Waals surface area contributed by atoms with Crippen molar-refractivity contribution in [2.75, 3.05) is 12.0 Å². The Hall–Kier alpha value is -5.21. The first kappa shape index (κ1) is 31.4. The molecule has 4 aromatic heterocycles. The molecule has 0 spiro atoms. The van der Waals surface area contributed by atoms with E-state index in [0.717, 1.165) is 43.1 Å². The van der Waals surface area contributed by atoms with Crippen LogP contribution in [0.2, 0.25) is 0 Å². The van der Waals surface area contributed by atoms with Crippen LogP contribution in [0.15, 0.2) is 54.0 Å². The molecule has 0 atom stereocenters. The number of anilines is 1. The topological polar surface area (TPSA) is 140 Å². The largest absolute Gasteiger partial charge is 0.480 e. The molecule has 0 bridgehead atoms. The molecule has 2 fully saturated rings. The second kappa shape index (κ2) is 12.4. The summed E-state index contributed by atoms with van der Waals surface area (Å²) in [5.41, 5.74) is 3.05. The van der Waals surface area contributed by atoms with Crippen LogP contribution in [0.1, 0.15) is 85.6 Å². The number of hydrogen-bond acceptors (Lipinski definition) is 10. The number of halogens is 3. The number of methoxy groups -OCH3 is 1. The van der Waals surface area contributed by atoms with Gasteiger partial charge in [-0.15, -0.1) is 0 Å². The third-order valence-corrected chi connectivity index (χ3v) is 8.48. The lowest BCUT2D eigenvalue weighted by molar-refractivity contribution is -0.140. The molecule has 4 heterocycles. The highest BCUT2D eigenvalue weighted by molar-refractivity contribution is 5.66. The maximum atomic E-state index is 13.5. The van der Waals surface area contributed by atoms with Gasteiger partial charge >= 0.3 is 6.18 Å². The Morgan fingerprint density at radius 1 is 0.979 bits per heavy atom. The molecule has 0 aliphatic heterocycles. The van der Waals surface area contributed by atoms with E-state index in [2.05, 4.69) is 35.1 Å². The molecule has 2 aliphatic carbocycles. The number of H-pyrrole nitrogens is 1. The van der Waals surface area contributed by atoms with Crippen molar-refractivity contribution < 1.29 is 17.9 Å². The van der Waals surface area contributed by atoms with Crippen LogP contribution in [-0.4, -0.2) is 51.8 Å². The summed E-state index contributed by atoms with van der Waals surface area (Å²) in [6.07, 6.45) is 3.33. The van der Waals surface area contributed by atoms with Crippen molar-refractivity contribution in [3.63, 3.8) is 0 Å². The first-order chi connectivity index (χ1) is 23.1. The quantitative estimate of drug-likeness (QED) is 0.184. The zero-order chi connectivity index (χ0) is 33.6. The average Bonchev–Trinajstić information content (AvgIpc) is 4.02. The van der Waals surface area contributed by atoms with Gasteiger partial charge in [-0.2, -0.15) is 23.3 Å². The lowest BCUT2D eigenvalue weighted by atomic mass is 10.1. The minimum atomic E-state index is -4.55. The highest BCUT2D eigenvalue weighted by atomic mass is 19.4. The molecule has 15 heteroatoms. The second-order valence-corrected chi connectivity index (χ2v) is 12.4. The van der Waals surface area contributed by atoms with Gasteiger partial charge in [0.2, 0.25) is 11.8 Å². The van der Waals surface area contributed by atoms with Gasteiger partial charge in [0.25, 0.3) is 5.56 Å². The Kier molecular flexibility index (Phi) is 8.13. The molecule has 2 aliphatic rings. The van der Waals surface area contributed by atoms with Gasteiger partial charge in [-0.3, -0.25) is 4.79 Å². The highest BCUT2D eigenvalue weighted by Gasteiger charge is 2.35. The molecule has 12 nitrogen and oxygen atoms in total. The van der Waals surface area contributed by atoms with Gasteiger partial charge in [0, 0.05) is 35.8 Å². The molecule has 1 aromatic carbocycles. The van der Waals surface area contributed by atoms with Crippen LogP contribution in [0.5, 0.6) is 5.88 Å². The Bertz CT molecular complexity index is 2000. The monoisotopic (exact) mass is 658 g/mol. The smallest absolute Gasteiger partial charge is 0.434 e. The highest BCUT2D eigenvalue weighted by Crippen LogP contribution is 2.45. The minimum Gasteiger partial charge on any atom is -0.480 e. The molecule has 7 rings (SSSR count). The van der Waals surface area contributed by atoms with Gasteiger partial charge in [0.15, 0.2) is 11.5 Å². The fourth-order valence-corrected chi connectivity index (χ4v) is 5.73. The molecular formula is C33H33F3N10O2. The number of aromatic amines is 1. The summed E-state index contributed by atoms with van der Waals surface area (Å²) in [6, 6.07) is 8.80. The van der Waals surface area contributed by atoms with E-state index in [1.807, 2.05) is 36.9 Å². The first-order valence-electron chi connectivity index (χ1n) is 15.8. The van der Waals surface area contributed by atoms with Gasteiger partial charge in [-0.25, -0.2) is 30.0 Å². The number of nitrogens with one attached hydrogen (secondary N) is 1. The fourth-order valence-electron chi connectivity index (χ4n) is 5.73. The fraction of sp³-hybridized carbons (Fsp3) is 0.394. The van der Waals surface area contributed by atoms with E-state index in [4.69, 9.17) is 9.72 Å². The van der Waals surface area contributed by atoms with Crippen molar-refractivity contribution >= 4 is 5.95 Å². The summed E-state index contributed by atoms with van der Waals surface area (Å²) in [4.78, 5) is 40.9. The molecular weight excluding hydrogens is 625 g/mol. The van der Waals surface area contributed by atoms with Crippen LogP contribution in [0.4, 0.5) is 19.1 Å². The van der Waals surface area contributed by atoms with E-state index in [-0.39, 0.29) is 35.8 Å². The number of nitrogens with zero attached hydrogens (tertiary/aromatic N) is 9. The SMILES string of the molecule is COc1ncnc(C2CC2)c1-c1ncnc(N(Cc2ccc(-c3nc(C(F)(F)F)cn3C(C)C)cc2)Cc2cc(C3CC3)c(=O)[nH]n2)n1. The number of imidazole rings is 1. The summed E-state index contributed by atoms with van der Waals surface area (Å²) >= 11 is 0. The van der Waals surface area contributed by atoms with Crippen LogP contribution >= 0.6 is 0 Å². The maximum absolute atomic E-state index is 13.5. The van der Waals surface area contributed by atoms with Crippen LogP contribution in [0.25, 0.3) is 22.8 Å². The van der Waals surface area contributed by atoms with Gasteiger partial charge in [-0.1, -0.05) is 24.3 Å². The number of benzene rings is 1. The van der Waals surface area contributed by atoms with Crippen molar-refractivity contribution in [3.8, 4) is 28.7 Å². The second-order valence-electron chi connectivity index (χ2n) is 12.4. The van der Waals surface area contributed by atoms with Gasteiger partial charge in [0.1, 0.15) is 24.0 Å². The Morgan fingerprint density at radius 3 is 2.38 bits per heavy atom. The summed E-state index contributed by atoms with van der Waals surface area (Å²) in [7, 11) is 1.54. The Morgan fingerprint density at radius 2 is 1.71 bits per heavy atom. The van der Waals surface area contributed by atoms with Crippen LogP contribution < -0.4 is 15.2 Å². The van der Waals surface area contributed by atoms with E-state index in [9.17, 15) is 18.0 Å². The summed E-state index contributed by atoms with van der Waals surface area (Å²) in [5.74, 6) is 1.82. The number of rotatable bonds is 11. The number of aromatic nitrogens is 9. The number of ether oxygens (including phenoxy) is 1. The third kappa shape index (κ3) is 6.49. The first-order valence-corrected chi connectivity index (χ1v) is 15.8. The third-order valence-electron chi connectivity index (χ3n) is 8.48. The zero-order valence-electron chi connectivity index (χ0n) is 26.6. The van der Waals surface area contributed by atoms with E-state index >= 15 is 0 Å². The number of alkyl halides is 3. The van der Waals surface area contributed by atoms with Gasteiger partial charge < -0.3 is 14.2 Å².